The van der Waals surface area contributed by atoms with Gasteiger partial charge in [-0.3, -0.25) is 0 Å². The van der Waals surface area contributed by atoms with E-state index in [0.717, 1.165) is 5.92 Å². The van der Waals surface area contributed by atoms with Gasteiger partial charge in [-0.25, -0.2) is 0 Å². The van der Waals surface area contributed by atoms with Gasteiger partial charge in [-0.15, -0.1) is 6.58 Å². The predicted octanol–water partition coefficient (Wildman–Crippen LogP) is 1.50. The highest BCUT2D eigenvalue weighted by molar-refractivity contribution is 7.16. The Morgan fingerprint density at radius 2 is 2.12 bits per heavy atom. The van der Waals surface area contributed by atoms with E-state index in [0.29, 0.717) is 0 Å². The van der Waals surface area contributed by atoms with Crippen LogP contribution in [0.5, 0.6) is 0 Å². The van der Waals surface area contributed by atoms with E-state index in [1.807, 2.05) is 6.08 Å². The SMILES string of the molecule is C=CC1CC1.O=[PH+]O. The van der Waals surface area contributed by atoms with Crippen LogP contribution < -0.4 is 0 Å². The molecule has 1 fully saturated rings. The molecule has 1 saturated carbocycles. The fourth-order valence-corrected chi connectivity index (χ4v) is 0.332. The van der Waals surface area contributed by atoms with Gasteiger partial charge in [0, 0.05) is 0 Å². The number of rotatable bonds is 1. The Labute approximate surface area is 50.5 Å². The second-order valence-electron chi connectivity index (χ2n) is 1.66. The molecule has 0 radical (unpaired) electrons. The first kappa shape index (κ1) is 7.80. The van der Waals surface area contributed by atoms with Crippen LogP contribution in [0.2, 0.25) is 0 Å². The van der Waals surface area contributed by atoms with Crippen molar-refractivity contribution in [1.82, 2.24) is 0 Å². The van der Waals surface area contributed by atoms with Gasteiger partial charge in [-0.05, 0) is 23.3 Å². The van der Waals surface area contributed by atoms with Crippen LogP contribution in [0, 0.1) is 5.92 Å². The van der Waals surface area contributed by atoms with Gasteiger partial charge in [0.05, 0.1) is 0 Å². The maximum Gasteiger partial charge on any atom is 0.491 e. The van der Waals surface area contributed by atoms with Crippen LogP contribution in [0.15, 0.2) is 12.7 Å². The Bertz CT molecular complexity index is 78.5. The molecule has 1 atom stereocenters. The highest BCUT2D eigenvalue weighted by Crippen LogP contribution is 2.28. The first-order valence-electron chi connectivity index (χ1n) is 2.49. The Morgan fingerprint density at radius 1 is 1.75 bits per heavy atom. The fraction of sp³-hybridized carbons (Fsp3) is 0.600. The fourth-order valence-electron chi connectivity index (χ4n) is 0.332. The lowest BCUT2D eigenvalue weighted by molar-refractivity contribution is 0.524. The molecule has 0 aromatic heterocycles. The van der Waals surface area contributed by atoms with Crippen LogP contribution in [0.4, 0.5) is 0 Å². The third-order valence-electron chi connectivity index (χ3n) is 0.955. The maximum atomic E-state index is 8.51. The summed E-state index contributed by atoms with van der Waals surface area (Å²) in [5.41, 5.74) is 0. The Balaban J connectivity index is 0.000000145. The zero-order valence-corrected chi connectivity index (χ0v) is 5.63. The minimum absolute atomic E-state index is 0.898. The smallest absolute Gasteiger partial charge is 0.162 e. The van der Waals surface area contributed by atoms with Gasteiger partial charge in [0.1, 0.15) is 0 Å². The van der Waals surface area contributed by atoms with E-state index in [2.05, 4.69) is 6.58 Å². The quantitative estimate of drug-likeness (QED) is 0.434. The lowest BCUT2D eigenvalue weighted by Crippen LogP contribution is -1.50. The Morgan fingerprint density at radius 3 is 2.12 bits per heavy atom. The molecule has 8 heavy (non-hydrogen) atoms. The van der Waals surface area contributed by atoms with Crippen LogP contribution in [0.1, 0.15) is 12.8 Å². The second kappa shape index (κ2) is 4.95. The zero-order valence-electron chi connectivity index (χ0n) is 4.63. The molecule has 0 aliphatic heterocycles. The molecule has 0 aromatic rings. The number of allylic oxidation sites excluding steroid dienone is 1. The van der Waals surface area contributed by atoms with E-state index >= 15 is 0 Å². The van der Waals surface area contributed by atoms with Crippen molar-refractivity contribution in [3.63, 3.8) is 0 Å². The van der Waals surface area contributed by atoms with E-state index < -0.39 is 8.69 Å². The summed E-state index contributed by atoms with van der Waals surface area (Å²) < 4.78 is 8.51. The summed E-state index contributed by atoms with van der Waals surface area (Å²) in [5.74, 6) is 0.898. The van der Waals surface area contributed by atoms with Crippen molar-refractivity contribution in [2.24, 2.45) is 5.92 Å². The van der Waals surface area contributed by atoms with Gasteiger partial charge >= 0.3 is 8.69 Å². The van der Waals surface area contributed by atoms with Gasteiger partial charge in [-0.1, -0.05) is 6.08 Å². The highest BCUT2D eigenvalue weighted by Gasteiger charge is 2.15. The third kappa shape index (κ3) is 5.80. The van der Waals surface area contributed by atoms with Crippen molar-refractivity contribution in [2.45, 2.75) is 12.8 Å². The van der Waals surface area contributed by atoms with E-state index in [4.69, 9.17) is 9.46 Å². The van der Waals surface area contributed by atoms with Crippen LogP contribution in [0.3, 0.4) is 0 Å². The van der Waals surface area contributed by atoms with Crippen LogP contribution in [-0.2, 0) is 4.57 Å². The van der Waals surface area contributed by atoms with E-state index in [9.17, 15) is 0 Å². The van der Waals surface area contributed by atoms with Gasteiger partial charge in [0.25, 0.3) is 0 Å². The molecule has 2 nitrogen and oxygen atoms in total. The van der Waals surface area contributed by atoms with E-state index in [1.54, 1.807) is 0 Å². The van der Waals surface area contributed by atoms with Crippen molar-refractivity contribution in [3.05, 3.63) is 12.7 Å². The summed E-state index contributed by atoms with van der Waals surface area (Å²) in [6.45, 7) is 3.62. The topological polar surface area (TPSA) is 37.3 Å². The molecule has 46 valence electrons. The van der Waals surface area contributed by atoms with E-state index in [1.165, 1.54) is 12.8 Å². The zero-order chi connectivity index (χ0) is 6.41. The summed E-state index contributed by atoms with van der Waals surface area (Å²) in [7, 11) is -1.17. The minimum Gasteiger partial charge on any atom is -0.162 e. The highest BCUT2D eigenvalue weighted by atomic mass is 31.1. The first-order chi connectivity index (χ1) is 3.85. The molecule has 1 rings (SSSR count). The molecule has 0 spiro atoms. The van der Waals surface area contributed by atoms with Crippen molar-refractivity contribution in [3.8, 4) is 0 Å². The van der Waals surface area contributed by atoms with Crippen molar-refractivity contribution in [2.75, 3.05) is 0 Å². The van der Waals surface area contributed by atoms with Gasteiger partial charge in [0.2, 0.25) is 0 Å². The van der Waals surface area contributed by atoms with Gasteiger partial charge < -0.3 is 0 Å². The van der Waals surface area contributed by atoms with Gasteiger partial charge in [0.15, 0.2) is 0 Å². The molecule has 0 saturated heterocycles. The summed E-state index contributed by atoms with van der Waals surface area (Å²) in [4.78, 5) is 7.04. The number of hydrogen-bond donors (Lipinski definition) is 1. The number of hydrogen-bond acceptors (Lipinski definition) is 1. The van der Waals surface area contributed by atoms with Crippen molar-refractivity contribution in [1.29, 1.82) is 0 Å². The van der Waals surface area contributed by atoms with Gasteiger partial charge in [-0.2, -0.15) is 4.89 Å². The van der Waals surface area contributed by atoms with Crippen LogP contribution >= 0.6 is 8.69 Å². The molecule has 1 unspecified atom stereocenters. The Kier molecular flexibility index (Phi) is 4.82. The molecule has 3 heteroatoms. The summed E-state index contributed by atoms with van der Waals surface area (Å²) in [6.07, 6.45) is 4.81. The molecule has 0 amide bonds. The maximum absolute atomic E-state index is 8.51. The first-order valence-corrected chi connectivity index (χ1v) is 3.34. The third-order valence-corrected chi connectivity index (χ3v) is 0.955. The van der Waals surface area contributed by atoms with E-state index in [-0.39, 0.29) is 0 Å². The Hall–Kier alpha value is -0.200. The normalized spacial score (nSPS) is 16.6. The molecule has 1 aliphatic rings. The molecule has 1 N–H and O–H groups in total. The van der Waals surface area contributed by atoms with Crippen molar-refractivity contribution < 1.29 is 9.46 Å². The largest absolute Gasteiger partial charge is 0.491 e. The minimum atomic E-state index is -1.17. The summed E-state index contributed by atoms with van der Waals surface area (Å²) in [6, 6.07) is 0. The molecule has 0 bridgehead atoms. The average molecular weight is 133 g/mol. The summed E-state index contributed by atoms with van der Waals surface area (Å²) >= 11 is 0. The molecule has 0 aromatic carbocycles. The standard InChI is InChI=1S/C5H8.HO2P/c1-2-5-3-4-5;1-3-2/h2,5H,1,3-4H2;3H/p+1. The molecular formula is C5H10O2P+. The molecule has 1 aliphatic carbocycles. The van der Waals surface area contributed by atoms with Crippen molar-refractivity contribution >= 4 is 8.69 Å². The monoisotopic (exact) mass is 133 g/mol. The lowest BCUT2D eigenvalue weighted by Gasteiger charge is -1.63. The lowest BCUT2D eigenvalue weighted by atomic mass is 10.4. The van der Waals surface area contributed by atoms with Crippen LogP contribution in [-0.4, -0.2) is 4.89 Å². The predicted molar refractivity (Wildman–Crippen MR) is 34.1 cm³/mol. The second-order valence-corrected chi connectivity index (χ2v) is 1.85. The molecular weight excluding hydrogens is 123 g/mol. The summed E-state index contributed by atoms with van der Waals surface area (Å²) in [5, 5.41) is 0. The van der Waals surface area contributed by atoms with Crippen LogP contribution in [0.25, 0.3) is 0 Å². The average Bonchev–Trinajstić information content (AvgIpc) is 2.48. The molecule has 0 heterocycles.